The monoisotopic (exact) mass is 602 g/mol. The fraction of sp³-hybridized carbons (Fsp3) is 0.154. The fourth-order valence-corrected chi connectivity index (χ4v) is 5.84. The highest BCUT2D eigenvalue weighted by atomic mass is 127. The number of benzene rings is 3. The molecule has 180 valence electrons. The number of anilines is 1. The summed E-state index contributed by atoms with van der Waals surface area (Å²) in [5, 5.41) is 0.537. The zero-order chi connectivity index (χ0) is 25.0. The van der Waals surface area contributed by atoms with Gasteiger partial charge in [0.2, 0.25) is 0 Å². The topological polar surface area (TPSA) is 85.8 Å². The second-order valence-electron chi connectivity index (χ2n) is 7.55. The summed E-state index contributed by atoms with van der Waals surface area (Å²) in [7, 11) is -2.60. The maximum atomic E-state index is 14.1. The molecule has 0 spiro atoms. The highest BCUT2D eigenvalue weighted by molar-refractivity contribution is 14.1. The minimum atomic E-state index is -4.11. The number of carbonyl (C=O) groups excluding carboxylic acids is 1. The Balaban J connectivity index is 2.01. The summed E-state index contributed by atoms with van der Waals surface area (Å²) in [5.41, 5.74) is 1.66. The Hall–Kier alpha value is -3.18. The van der Waals surface area contributed by atoms with Gasteiger partial charge in [0.1, 0.15) is 11.3 Å². The number of pyridine rings is 1. The Morgan fingerprint density at radius 2 is 1.71 bits per heavy atom. The first-order valence-corrected chi connectivity index (χ1v) is 13.3. The summed E-state index contributed by atoms with van der Waals surface area (Å²) in [6.45, 7) is 1.85. The van der Waals surface area contributed by atoms with Gasteiger partial charge in [-0.1, -0.05) is 42.5 Å². The molecule has 0 amide bonds. The van der Waals surface area contributed by atoms with Crippen molar-refractivity contribution in [2.45, 2.75) is 18.4 Å². The number of para-hydroxylation sites is 1. The summed E-state index contributed by atoms with van der Waals surface area (Å²) in [6.07, 6.45) is 1.39. The van der Waals surface area contributed by atoms with Crippen molar-refractivity contribution in [2.24, 2.45) is 0 Å². The number of hydrogen-bond acceptors (Lipinski definition) is 6. The molecular formula is C26H23IN2O5S. The first-order chi connectivity index (χ1) is 16.9. The molecule has 0 saturated heterocycles. The second kappa shape index (κ2) is 10.6. The maximum absolute atomic E-state index is 14.1. The minimum Gasteiger partial charge on any atom is -0.497 e. The molecule has 4 rings (SSSR count). The van der Waals surface area contributed by atoms with Crippen LogP contribution in [0.3, 0.4) is 0 Å². The van der Waals surface area contributed by atoms with Crippen molar-refractivity contribution < 1.29 is 22.7 Å². The highest BCUT2D eigenvalue weighted by Crippen LogP contribution is 2.37. The van der Waals surface area contributed by atoms with Crippen LogP contribution in [0.15, 0.2) is 83.9 Å². The number of hydrogen-bond donors (Lipinski definition) is 0. The number of esters is 1. The van der Waals surface area contributed by atoms with E-state index in [9.17, 15) is 13.2 Å². The second-order valence-corrected chi connectivity index (χ2v) is 10.6. The molecule has 0 unspecified atom stereocenters. The van der Waals surface area contributed by atoms with Crippen molar-refractivity contribution in [1.82, 2.24) is 4.98 Å². The summed E-state index contributed by atoms with van der Waals surface area (Å²) in [6, 6.07) is 20.8. The van der Waals surface area contributed by atoms with E-state index in [0.29, 0.717) is 16.7 Å². The molecule has 0 saturated carbocycles. The third kappa shape index (κ3) is 5.10. The summed E-state index contributed by atoms with van der Waals surface area (Å²) in [4.78, 5) is 17.5. The van der Waals surface area contributed by atoms with Crippen LogP contribution in [-0.4, -0.2) is 33.1 Å². The van der Waals surface area contributed by atoms with Crippen LogP contribution in [0, 0.1) is 3.57 Å². The van der Waals surface area contributed by atoms with E-state index in [1.807, 2.05) is 42.5 Å². The van der Waals surface area contributed by atoms with Gasteiger partial charge in [0, 0.05) is 15.2 Å². The van der Waals surface area contributed by atoms with Gasteiger partial charge in [-0.2, -0.15) is 0 Å². The minimum absolute atomic E-state index is 0.00615. The fourth-order valence-electron chi connectivity index (χ4n) is 3.71. The van der Waals surface area contributed by atoms with E-state index in [4.69, 9.17) is 9.47 Å². The van der Waals surface area contributed by atoms with Crippen LogP contribution < -0.4 is 9.04 Å². The highest BCUT2D eigenvalue weighted by Gasteiger charge is 2.31. The summed E-state index contributed by atoms with van der Waals surface area (Å²) in [5.74, 6) is -0.103. The third-order valence-electron chi connectivity index (χ3n) is 5.38. The quantitative estimate of drug-likeness (QED) is 0.198. The lowest BCUT2D eigenvalue weighted by Crippen LogP contribution is -2.32. The summed E-state index contributed by atoms with van der Waals surface area (Å²) >= 11 is 2.15. The molecule has 0 atom stereocenters. The van der Waals surface area contributed by atoms with Crippen molar-refractivity contribution in [3.05, 3.63) is 93.7 Å². The van der Waals surface area contributed by atoms with Gasteiger partial charge in [0.05, 0.1) is 36.4 Å². The smallest absolute Gasteiger partial charge is 0.341 e. The molecule has 0 bridgehead atoms. The molecule has 0 fully saturated rings. The first-order valence-electron chi connectivity index (χ1n) is 10.8. The van der Waals surface area contributed by atoms with Crippen LogP contribution in [0.25, 0.3) is 10.9 Å². The number of sulfonamides is 1. The Labute approximate surface area is 217 Å². The number of fused-ring (bicyclic) bond motifs is 1. The van der Waals surface area contributed by atoms with E-state index in [-0.39, 0.29) is 29.3 Å². The Kier molecular flexibility index (Phi) is 7.56. The number of nitrogens with zero attached hydrogens (tertiary/aromatic N) is 2. The number of rotatable bonds is 8. The molecule has 9 heteroatoms. The van der Waals surface area contributed by atoms with Gasteiger partial charge in [0.25, 0.3) is 10.0 Å². The van der Waals surface area contributed by atoms with Crippen molar-refractivity contribution in [1.29, 1.82) is 0 Å². The first kappa shape index (κ1) is 24.9. The van der Waals surface area contributed by atoms with E-state index in [1.165, 1.54) is 29.7 Å². The van der Waals surface area contributed by atoms with Crippen molar-refractivity contribution in [3.8, 4) is 5.75 Å². The standard InChI is InChI=1S/C26H23IN2O5S/c1-3-34-26(30)22-16-28-24-21(10-7-11-23(24)27)25(22)29(17-18-8-5-4-6-9-18)35(31,32)20-14-12-19(33-2)13-15-20/h4-16H,3,17H2,1-2H3. The molecule has 1 heterocycles. The van der Waals surface area contributed by atoms with Crippen LogP contribution in [0.5, 0.6) is 5.75 Å². The number of aromatic nitrogens is 1. The van der Waals surface area contributed by atoms with E-state index >= 15 is 0 Å². The molecule has 35 heavy (non-hydrogen) atoms. The Bertz CT molecular complexity index is 1460. The van der Waals surface area contributed by atoms with Crippen LogP contribution >= 0.6 is 22.6 Å². The number of halogens is 1. The molecular weight excluding hydrogens is 579 g/mol. The third-order valence-corrected chi connectivity index (χ3v) is 8.01. The van der Waals surface area contributed by atoms with Gasteiger partial charge in [-0.05, 0) is 65.4 Å². The zero-order valence-corrected chi connectivity index (χ0v) is 22.1. The van der Waals surface area contributed by atoms with Gasteiger partial charge in [-0.3, -0.25) is 9.29 Å². The Morgan fingerprint density at radius 1 is 1.00 bits per heavy atom. The predicted molar refractivity (Wildman–Crippen MR) is 143 cm³/mol. The SMILES string of the molecule is CCOC(=O)c1cnc2c(I)cccc2c1N(Cc1ccccc1)S(=O)(=O)c1ccc(OC)cc1. The van der Waals surface area contributed by atoms with E-state index in [0.717, 1.165) is 9.13 Å². The molecule has 0 aliphatic heterocycles. The molecule has 0 N–H and O–H groups in total. The average molecular weight is 602 g/mol. The van der Waals surface area contributed by atoms with E-state index in [1.54, 1.807) is 25.1 Å². The molecule has 7 nitrogen and oxygen atoms in total. The lowest BCUT2D eigenvalue weighted by Gasteiger charge is -2.28. The van der Waals surface area contributed by atoms with Crippen LogP contribution in [-0.2, 0) is 21.3 Å². The van der Waals surface area contributed by atoms with Crippen LogP contribution in [0.2, 0.25) is 0 Å². The van der Waals surface area contributed by atoms with Gasteiger partial charge in [-0.25, -0.2) is 13.2 Å². The average Bonchev–Trinajstić information content (AvgIpc) is 2.87. The molecule has 0 aliphatic carbocycles. The van der Waals surface area contributed by atoms with E-state index < -0.39 is 16.0 Å². The molecule has 4 aromatic rings. The zero-order valence-electron chi connectivity index (χ0n) is 19.1. The van der Waals surface area contributed by atoms with Gasteiger partial charge in [0.15, 0.2) is 0 Å². The lowest BCUT2D eigenvalue weighted by atomic mass is 10.1. The predicted octanol–water partition coefficient (Wildman–Crippen LogP) is 5.42. The van der Waals surface area contributed by atoms with E-state index in [2.05, 4.69) is 27.6 Å². The largest absolute Gasteiger partial charge is 0.497 e. The lowest BCUT2D eigenvalue weighted by molar-refractivity contribution is 0.0527. The van der Waals surface area contributed by atoms with Crippen molar-refractivity contribution in [3.63, 3.8) is 0 Å². The maximum Gasteiger partial charge on any atom is 0.341 e. The normalized spacial score (nSPS) is 11.3. The molecule has 1 aromatic heterocycles. The van der Waals surface area contributed by atoms with Gasteiger partial charge < -0.3 is 9.47 Å². The number of ether oxygens (including phenoxy) is 2. The molecule has 0 aliphatic rings. The van der Waals surface area contributed by atoms with Crippen LogP contribution in [0.1, 0.15) is 22.8 Å². The summed E-state index contributed by atoms with van der Waals surface area (Å²) < 4.78 is 40.8. The van der Waals surface area contributed by atoms with Gasteiger partial charge >= 0.3 is 5.97 Å². The number of methoxy groups -OCH3 is 1. The van der Waals surface area contributed by atoms with Crippen LogP contribution in [0.4, 0.5) is 5.69 Å². The van der Waals surface area contributed by atoms with Crippen molar-refractivity contribution in [2.75, 3.05) is 18.0 Å². The number of carbonyl (C=O) groups is 1. The molecule has 3 aromatic carbocycles. The molecule has 0 radical (unpaired) electrons. The Morgan fingerprint density at radius 3 is 2.37 bits per heavy atom. The van der Waals surface area contributed by atoms with Gasteiger partial charge in [-0.15, -0.1) is 0 Å². The van der Waals surface area contributed by atoms with Crippen molar-refractivity contribution >= 4 is 55.2 Å².